The summed E-state index contributed by atoms with van der Waals surface area (Å²) in [5, 5.41) is 0.972. The summed E-state index contributed by atoms with van der Waals surface area (Å²) in [5.41, 5.74) is 0. The molecule has 96 valence electrons. The van der Waals surface area contributed by atoms with Crippen LogP contribution in [0.1, 0.15) is 0 Å². The molecule has 1 unspecified atom stereocenters. The highest BCUT2D eigenvalue weighted by molar-refractivity contribution is 9.10. The molecule has 0 bridgehead atoms. The number of allylic oxidation sites excluding steroid dienone is 1. The summed E-state index contributed by atoms with van der Waals surface area (Å²) in [7, 11) is -1.18. The molecule has 6 nitrogen and oxygen atoms in total. The average Bonchev–Trinajstić information content (AvgIpc) is 2.66. The number of hydrogen-bond donors (Lipinski definition) is 0. The Labute approximate surface area is 107 Å². The molecule has 1 rings (SSSR count). The highest BCUT2D eigenvalue weighted by atomic mass is 79.9. The van der Waals surface area contributed by atoms with Gasteiger partial charge in [-0.2, -0.15) is 0 Å². The Bertz CT molecular complexity index is 450. The van der Waals surface area contributed by atoms with E-state index in [0.29, 0.717) is 0 Å². The quantitative estimate of drug-likeness (QED) is 0.413. The van der Waals surface area contributed by atoms with Gasteiger partial charge in [0.15, 0.2) is 9.84 Å². The van der Waals surface area contributed by atoms with Gasteiger partial charge in [-0.25, -0.2) is 18.0 Å². The van der Waals surface area contributed by atoms with Crippen molar-refractivity contribution in [2.45, 2.75) is 4.32 Å². The number of carbonyl (C=O) groups is 2. The van der Waals surface area contributed by atoms with Crippen molar-refractivity contribution in [1.82, 2.24) is 0 Å². The standard InChI is InChI=1S/C9H11BrO6S/c1-15-7(11)9(10,8(12)16-2)6-3-4-17(13,14)5-6/h3-4,6H,5H2,1-2H3. The van der Waals surface area contributed by atoms with Crippen LogP contribution in [0.4, 0.5) is 0 Å². The zero-order chi connectivity index (χ0) is 13.3. The molecule has 0 spiro atoms. The van der Waals surface area contributed by atoms with Crippen LogP contribution in [-0.4, -0.2) is 44.7 Å². The fourth-order valence-electron chi connectivity index (χ4n) is 1.51. The predicted molar refractivity (Wildman–Crippen MR) is 62.1 cm³/mol. The van der Waals surface area contributed by atoms with Gasteiger partial charge in [0.2, 0.25) is 4.32 Å². The van der Waals surface area contributed by atoms with Crippen LogP contribution in [0, 0.1) is 5.92 Å². The molecule has 0 amide bonds. The molecule has 0 saturated heterocycles. The molecule has 0 radical (unpaired) electrons. The highest BCUT2D eigenvalue weighted by Crippen LogP contribution is 2.36. The number of methoxy groups -OCH3 is 2. The molecule has 1 aliphatic heterocycles. The fraction of sp³-hybridized carbons (Fsp3) is 0.556. The lowest BCUT2D eigenvalue weighted by atomic mass is 9.94. The van der Waals surface area contributed by atoms with Crippen LogP contribution in [0.25, 0.3) is 0 Å². The molecule has 0 aromatic heterocycles. The minimum absolute atomic E-state index is 0.345. The zero-order valence-electron chi connectivity index (χ0n) is 9.17. The van der Waals surface area contributed by atoms with E-state index in [1.165, 1.54) is 6.08 Å². The van der Waals surface area contributed by atoms with Crippen LogP contribution < -0.4 is 0 Å². The van der Waals surface area contributed by atoms with Crippen LogP contribution >= 0.6 is 15.9 Å². The molecule has 1 heterocycles. The van der Waals surface area contributed by atoms with E-state index in [2.05, 4.69) is 25.4 Å². The minimum Gasteiger partial charge on any atom is -0.468 e. The van der Waals surface area contributed by atoms with Crippen molar-refractivity contribution in [2.75, 3.05) is 20.0 Å². The van der Waals surface area contributed by atoms with Gasteiger partial charge in [-0.15, -0.1) is 0 Å². The van der Waals surface area contributed by atoms with Crippen molar-refractivity contribution in [2.24, 2.45) is 5.92 Å². The largest absolute Gasteiger partial charge is 0.468 e. The molecule has 1 atom stereocenters. The lowest BCUT2D eigenvalue weighted by molar-refractivity contribution is -0.156. The Morgan fingerprint density at radius 2 is 1.76 bits per heavy atom. The van der Waals surface area contributed by atoms with E-state index < -0.39 is 32.0 Å². The maximum Gasteiger partial charge on any atom is 0.334 e. The van der Waals surface area contributed by atoms with Gasteiger partial charge in [0.05, 0.1) is 20.0 Å². The third-order valence-electron chi connectivity index (χ3n) is 2.41. The van der Waals surface area contributed by atoms with E-state index in [4.69, 9.17) is 0 Å². The second kappa shape index (κ2) is 4.77. The number of sulfone groups is 1. The number of ether oxygens (including phenoxy) is 2. The van der Waals surface area contributed by atoms with Crippen LogP contribution in [0.15, 0.2) is 11.5 Å². The molecule has 17 heavy (non-hydrogen) atoms. The van der Waals surface area contributed by atoms with Gasteiger partial charge in [0.1, 0.15) is 0 Å². The van der Waals surface area contributed by atoms with Gasteiger partial charge in [-0.3, -0.25) is 0 Å². The van der Waals surface area contributed by atoms with Gasteiger partial charge >= 0.3 is 11.9 Å². The van der Waals surface area contributed by atoms with E-state index in [-0.39, 0.29) is 5.75 Å². The van der Waals surface area contributed by atoms with Crippen LogP contribution in [0.3, 0.4) is 0 Å². The second-order valence-corrected chi connectivity index (χ2v) is 6.64. The Morgan fingerprint density at radius 1 is 1.29 bits per heavy atom. The Kier molecular flexibility index (Phi) is 3.98. The number of halogens is 1. The third-order valence-corrected chi connectivity index (χ3v) is 5.04. The normalized spacial score (nSPS) is 22.2. The molecule has 0 N–H and O–H groups in total. The fourth-order valence-corrected chi connectivity index (χ4v) is 3.76. The van der Waals surface area contributed by atoms with Gasteiger partial charge in [0.25, 0.3) is 0 Å². The van der Waals surface area contributed by atoms with Crippen molar-refractivity contribution in [3.05, 3.63) is 11.5 Å². The molecule has 0 saturated carbocycles. The van der Waals surface area contributed by atoms with Crippen LogP contribution in [0.5, 0.6) is 0 Å². The molecule has 0 fully saturated rings. The summed E-state index contributed by atoms with van der Waals surface area (Å²) in [5.74, 6) is -2.98. The first-order chi connectivity index (χ1) is 7.78. The lowest BCUT2D eigenvalue weighted by Gasteiger charge is -2.26. The second-order valence-electron chi connectivity index (χ2n) is 3.46. The van der Waals surface area contributed by atoms with Gasteiger partial charge in [-0.05, 0) is 0 Å². The lowest BCUT2D eigenvalue weighted by Crippen LogP contribution is -2.49. The van der Waals surface area contributed by atoms with E-state index in [1.807, 2.05) is 0 Å². The van der Waals surface area contributed by atoms with E-state index in [1.54, 1.807) is 0 Å². The molecule has 8 heteroatoms. The van der Waals surface area contributed by atoms with Crippen molar-refractivity contribution in [3.63, 3.8) is 0 Å². The predicted octanol–water partition coefficient (Wildman–Crippen LogP) is 0.0244. The smallest absolute Gasteiger partial charge is 0.334 e. The number of hydrogen-bond acceptors (Lipinski definition) is 6. The first-order valence-electron chi connectivity index (χ1n) is 4.54. The van der Waals surface area contributed by atoms with Crippen molar-refractivity contribution in [3.8, 4) is 0 Å². The maximum atomic E-state index is 11.6. The molecular formula is C9H11BrO6S. The summed E-state index contributed by atoms with van der Waals surface area (Å²) < 4.78 is 29.8. The van der Waals surface area contributed by atoms with Crippen molar-refractivity contribution >= 4 is 37.7 Å². The monoisotopic (exact) mass is 326 g/mol. The van der Waals surface area contributed by atoms with Gasteiger partial charge in [-0.1, -0.05) is 22.0 Å². The zero-order valence-corrected chi connectivity index (χ0v) is 11.6. The first-order valence-corrected chi connectivity index (χ1v) is 7.05. The van der Waals surface area contributed by atoms with Crippen LogP contribution in [0.2, 0.25) is 0 Å². The Morgan fingerprint density at radius 3 is 2.06 bits per heavy atom. The molecular weight excluding hydrogens is 316 g/mol. The van der Waals surface area contributed by atoms with E-state index in [9.17, 15) is 18.0 Å². The summed E-state index contributed by atoms with van der Waals surface area (Å²) in [4.78, 5) is 23.3. The molecule has 1 aliphatic rings. The van der Waals surface area contributed by atoms with E-state index >= 15 is 0 Å². The van der Waals surface area contributed by atoms with Crippen molar-refractivity contribution < 1.29 is 27.5 Å². The average molecular weight is 327 g/mol. The Hall–Kier alpha value is -0.890. The highest BCUT2D eigenvalue weighted by Gasteiger charge is 2.54. The number of carbonyl (C=O) groups excluding carboxylic acids is 2. The van der Waals surface area contributed by atoms with Crippen LogP contribution in [-0.2, 0) is 28.9 Å². The first kappa shape index (κ1) is 14.2. The SMILES string of the molecule is COC(=O)C(Br)(C(=O)OC)C1C=CS(=O)(=O)C1. The summed E-state index contributed by atoms with van der Waals surface area (Å²) in [6.45, 7) is 0. The molecule has 0 aromatic rings. The van der Waals surface area contributed by atoms with E-state index in [0.717, 1.165) is 19.6 Å². The Balaban J connectivity index is 3.14. The number of alkyl halides is 1. The summed E-state index contributed by atoms with van der Waals surface area (Å²) in [6.07, 6.45) is 1.28. The summed E-state index contributed by atoms with van der Waals surface area (Å²) >= 11 is 2.95. The molecule has 0 aliphatic carbocycles. The minimum atomic E-state index is -3.39. The van der Waals surface area contributed by atoms with Gasteiger partial charge < -0.3 is 9.47 Å². The maximum absolute atomic E-state index is 11.6. The van der Waals surface area contributed by atoms with Gasteiger partial charge in [0, 0.05) is 11.3 Å². The third kappa shape index (κ3) is 2.52. The molecule has 0 aromatic carbocycles. The number of esters is 2. The summed E-state index contributed by atoms with van der Waals surface area (Å²) in [6, 6.07) is 0. The number of rotatable bonds is 3. The van der Waals surface area contributed by atoms with Crippen molar-refractivity contribution in [1.29, 1.82) is 0 Å². The topological polar surface area (TPSA) is 86.7 Å².